The molecule has 100 valence electrons. The lowest BCUT2D eigenvalue weighted by Crippen LogP contribution is -2.34. The van der Waals surface area contributed by atoms with Crippen molar-refractivity contribution in [2.75, 3.05) is 32.5 Å². The molecule has 3 N–H and O–H groups in total. The van der Waals surface area contributed by atoms with E-state index in [1.165, 1.54) is 0 Å². The van der Waals surface area contributed by atoms with Crippen molar-refractivity contribution in [3.63, 3.8) is 0 Å². The maximum atomic E-state index is 5.54. The van der Waals surface area contributed by atoms with Gasteiger partial charge in [-0.15, -0.1) is 0 Å². The highest BCUT2D eigenvalue weighted by Gasteiger charge is 2.19. The van der Waals surface area contributed by atoms with E-state index in [-0.39, 0.29) is 10.4 Å². The van der Waals surface area contributed by atoms with Gasteiger partial charge in [-0.25, -0.2) is 9.97 Å². The molecule has 0 aliphatic carbocycles. The largest absolute Gasteiger partial charge is 0.388 e. The van der Waals surface area contributed by atoms with Crippen molar-refractivity contribution in [1.29, 1.82) is 0 Å². The van der Waals surface area contributed by atoms with Crippen LogP contribution in [0.25, 0.3) is 0 Å². The van der Waals surface area contributed by atoms with Crippen LogP contribution in [0.15, 0.2) is 12.3 Å². The Kier molecular flexibility index (Phi) is 4.98. The van der Waals surface area contributed by atoms with Gasteiger partial charge < -0.3 is 16.0 Å². The zero-order chi connectivity index (χ0) is 13.8. The highest BCUT2D eigenvalue weighted by Crippen LogP contribution is 2.16. The van der Waals surface area contributed by atoms with Crippen LogP contribution in [0.2, 0.25) is 0 Å². The minimum Gasteiger partial charge on any atom is -0.388 e. The van der Waals surface area contributed by atoms with Crippen molar-refractivity contribution < 1.29 is 0 Å². The molecule has 0 radical (unpaired) electrons. The topological polar surface area (TPSA) is 67.1 Å². The Morgan fingerprint density at radius 3 is 2.72 bits per heavy atom. The number of rotatable bonds is 6. The van der Waals surface area contributed by atoms with Crippen molar-refractivity contribution >= 4 is 23.2 Å². The first-order valence-electron chi connectivity index (χ1n) is 5.82. The molecule has 0 saturated carbocycles. The number of nitrogens with one attached hydrogen (secondary N) is 1. The Labute approximate surface area is 114 Å². The Morgan fingerprint density at radius 1 is 1.50 bits per heavy atom. The molecule has 1 rings (SSSR count). The van der Waals surface area contributed by atoms with Crippen LogP contribution >= 0.6 is 12.2 Å². The van der Waals surface area contributed by atoms with Crippen LogP contribution in [-0.2, 0) is 0 Å². The average Bonchev–Trinajstić information content (AvgIpc) is 2.25. The van der Waals surface area contributed by atoms with E-state index in [4.69, 9.17) is 18.0 Å². The predicted molar refractivity (Wildman–Crippen MR) is 78.7 cm³/mol. The van der Waals surface area contributed by atoms with Gasteiger partial charge in [0.25, 0.3) is 0 Å². The molecule has 0 unspecified atom stereocenters. The fourth-order valence-corrected chi connectivity index (χ4v) is 1.93. The second kappa shape index (κ2) is 6.06. The summed E-state index contributed by atoms with van der Waals surface area (Å²) in [6.45, 7) is 6.15. The minimum atomic E-state index is 0.131. The highest BCUT2D eigenvalue weighted by molar-refractivity contribution is 7.80. The van der Waals surface area contributed by atoms with Gasteiger partial charge in [0.1, 0.15) is 10.7 Å². The lowest BCUT2D eigenvalue weighted by atomic mass is 9.93. The molecule has 0 amide bonds. The molecule has 0 saturated heterocycles. The zero-order valence-corrected chi connectivity index (χ0v) is 12.2. The van der Waals surface area contributed by atoms with E-state index in [2.05, 4.69) is 48.1 Å². The van der Waals surface area contributed by atoms with Crippen molar-refractivity contribution in [3.05, 3.63) is 18.0 Å². The standard InChI is InChI=1S/C12H21N5S/c1-12(2,8-17(3)4)7-15-11-14-6-5-9(16-11)10(13)18/h5-6H,7-8H2,1-4H3,(H2,13,18)(H,14,15,16). The monoisotopic (exact) mass is 267 g/mol. The Balaban J connectivity index is 2.63. The number of hydrogen-bond acceptors (Lipinski definition) is 5. The van der Waals surface area contributed by atoms with Crippen molar-refractivity contribution in [2.24, 2.45) is 11.1 Å². The molecule has 1 aromatic rings. The lowest BCUT2D eigenvalue weighted by molar-refractivity contribution is 0.254. The van der Waals surface area contributed by atoms with E-state index >= 15 is 0 Å². The van der Waals surface area contributed by atoms with Crippen LogP contribution < -0.4 is 11.1 Å². The summed E-state index contributed by atoms with van der Waals surface area (Å²) in [6.07, 6.45) is 1.66. The number of nitrogens with two attached hydrogens (primary N) is 1. The van der Waals surface area contributed by atoms with Crippen LogP contribution in [0.4, 0.5) is 5.95 Å². The molecule has 0 aliphatic rings. The number of aromatic nitrogens is 2. The van der Waals surface area contributed by atoms with E-state index in [0.717, 1.165) is 13.1 Å². The van der Waals surface area contributed by atoms with Gasteiger partial charge in [-0.3, -0.25) is 0 Å². The van der Waals surface area contributed by atoms with Crippen molar-refractivity contribution in [1.82, 2.24) is 14.9 Å². The van der Waals surface area contributed by atoms with E-state index in [9.17, 15) is 0 Å². The third kappa shape index (κ3) is 4.93. The Morgan fingerprint density at radius 2 is 2.17 bits per heavy atom. The van der Waals surface area contributed by atoms with Gasteiger partial charge in [-0.05, 0) is 25.6 Å². The van der Waals surface area contributed by atoms with Crippen LogP contribution in [0.1, 0.15) is 19.5 Å². The predicted octanol–water partition coefficient (Wildman–Crippen LogP) is 1.11. The Hall–Kier alpha value is -1.27. The second-order valence-corrected chi connectivity index (χ2v) is 5.83. The summed E-state index contributed by atoms with van der Waals surface area (Å²) >= 11 is 4.89. The molecule has 18 heavy (non-hydrogen) atoms. The van der Waals surface area contributed by atoms with Gasteiger partial charge in [0, 0.05) is 19.3 Å². The van der Waals surface area contributed by atoms with Gasteiger partial charge in [-0.1, -0.05) is 26.1 Å². The smallest absolute Gasteiger partial charge is 0.223 e. The van der Waals surface area contributed by atoms with E-state index in [0.29, 0.717) is 11.6 Å². The number of thiocarbonyl (C=S) groups is 1. The molecule has 6 heteroatoms. The molecule has 0 atom stereocenters. The summed E-state index contributed by atoms with van der Waals surface area (Å²) in [6, 6.07) is 1.71. The first kappa shape index (κ1) is 14.8. The molecule has 0 spiro atoms. The van der Waals surface area contributed by atoms with Crippen LogP contribution in [0.5, 0.6) is 0 Å². The first-order valence-corrected chi connectivity index (χ1v) is 6.22. The summed E-state index contributed by atoms with van der Waals surface area (Å²) in [5.41, 5.74) is 6.26. The third-order valence-corrected chi connectivity index (χ3v) is 2.59. The summed E-state index contributed by atoms with van der Waals surface area (Å²) < 4.78 is 0. The third-order valence-electron chi connectivity index (χ3n) is 2.38. The maximum Gasteiger partial charge on any atom is 0.223 e. The van der Waals surface area contributed by atoms with Gasteiger partial charge in [-0.2, -0.15) is 0 Å². The SMILES string of the molecule is CN(C)CC(C)(C)CNc1nccc(C(N)=S)n1. The highest BCUT2D eigenvalue weighted by atomic mass is 32.1. The number of hydrogen-bond donors (Lipinski definition) is 2. The van der Waals surface area contributed by atoms with Crippen LogP contribution in [0, 0.1) is 5.41 Å². The molecule has 1 aromatic heterocycles. The first-order chi connectivity index (χ1) is 8.30. The van der Waals surface area contributed by atoms with Gasteiger partial charge >= 0.3 is 0 Å². The van der Waals surface area contributed by atoms with Crippen LogP contribution in [-0.4, -0.2) is 47.0 Å². The number of anilines is 1. The molecule has 5 nitrogen and oxygen atoms in total. The van der Waals surface area contributed by atoms with Crippen LogP contribution in [0.3, 0.4) is 0 Å². The summed E-state index contributed by atoms with van der Waals surface area (Å²) in [5.74, 6) is 0.562. The molecular weight excluding hydrogens is 246 g/mol. The zero-order valence-electron chi connectivity index (χ0n) is 11.4. The van der Waals surface area contributed by atoms with Gasteiger partial charge in [0.05, 0.1) is 0 Å². The minimum absolute atomic E-state index is 0.131. The summed E-state index contributed by atoms with van der Waals surface area (Å²) in [4.78, 5) is 10.9. The van der Waals surface area contributed by atoms with Crippen molar-refractivity contribution in [2.45, 2.75) is 13.8 Å². The van der Waals surface area contributed by atoms with E-state index in [1.807, 2.05) is 0 Å². The molecule has 0 bridgehead atoms. The molecule has 1 heterocycles. The summed E-state index contributed by atoms with van der Waals surface area (Å²) in [5, 5.41) is 3.22. The van der Waals surface area contributed by atoms with Gasteiger partial charge in [0.2, 0.25) is 5.95 Å². The lowest BCUT2D eigenvalue weighted by Gasteiger charge is -2.28. The fourth-order valence-electron chi connectivity index (χ4n) is 1.81. The fraction of sp³-hybridized carbons (Fsp3) is 0.583. The van der Waals surface area contributed by atoms with Gasteiger partial charge in [0.15, 0.2) is 0 Å². The maximum absolute atomic E-state index is 5.54. The molecular formula is C12H21N5S. The number of nitrogens with zero attached hydrogens (tertiary/aromatic N) is 3. The van der Waals surface area contributed by atoms with Crippen molar-refractivity contribution in [3.8, 4) is 0 Å². The Bertz CT molecular complexity index is 417. The van der Waals surface area contributed by atoms with E-state index in [1.54, 1.807) is 12.3 Å². The molecule has 0 aromatic carbocycles. The molecule has 0 aliphatic heterocycles. The normalized spacial score (nSPS) is 11.6. The molecule has 0 fully saturated rings. The summed E-state index contributed by atoms with van der Waals surface area (Å²) in [7, 11) is 4.12. The van der Waals surface area contributed by atoms with E-state index < -0.39 is 0 Å². The second-order valence-electron chi connectivity index (χ2n) is 5.39. The average molecular weight is 267 g/mol. The quantitative estimate of drug-likeness (QED) is 0.753.